The number of carbonyl (C=O) groups excluding carboxylic acids is 1. The molecule has 116 valence electrons. The highest BCUT2D eigenvalue weighted by atomic mass is 19.4. The van der Waals surface area contributed by atoms with Crippen molar-refractivity contribution in [2.24, 2.45) is 0 Å². The smallest absolute Gasteiger partial charge is 0.471 e. The quantitative estimate of drug-likeness (QED) is 0.787. The summed E-state index contributed by atoms with van der Waals surface area (Å²) < 4.78 is 36.5. The van der Waals surface area contributed by atoms with Crippen LogP contribution in [-0.4, -0.2) is 28.3 Å². The van der Waals surface area contributed by atoms with Crippen LogP contribution in [0.2, 0.25) is 0 Å². The lowest BCUT2D eigenvalue weighted by atomic mass is 9.81. The van der Waals surface area contributed by atoms with E-state index in [2.05, 4.69) is 0 Å². The lowest BCUT2D eigenvalue weighted by molar-refractivity contribution is -0.174. The Morgan fingerprint density at radius 1 is 1.14 bits per heavy atom. The summed E-state index contributed by atoms with van der Waals surface area (Å²) in [4.78, 5) is 10.9. The van der Waals surface area contributed by atoms with Crippen LogP contribution in [0.3, 0.4) is 0 Å². The molecule has 1 amide bonds. The van der Waals surface area contributed by atoms with Gasteiger partial charge in [0, 0.05) is 12.1 Å². The van der Waals surface area contributed by atoms with Gasteiger partial charge in [-0.05, 0) is 43.2 Å². The van der Waals surface area contributed by atoms with Crippen LogP contribution in [0.25, 0.3) is 0 Å². The number of hydrogen-bond donors (Lipinski definition) is 3. The minimum atomic E-state index is -4.86. The fourth-order valence-corrected chi connectivity index (χ4v) is 2.69. The lowest BCUT2D eigenvalue weighted by Crippen LogP contribution is -2.44. The van der Waals surface area contributed by atoms with Gasteiger partial charge in [0.1, 0.15) is 11.5 Å². The Hall–Kier alpha value is -1.92. The summed E-state index contributed by atoms with van der Waals surface area (Å²) in [5, 5.41) is 21.0. The maximum atomic E-state index is 12.2. The first-order chi connectivity index (χ1) is 9.77. The minimum Gasteiger partial charge on any atom is -0.508 e. The van der Waals surface area contributed by atoms with Crippen molar-refractivity contribution in [3.8, 4) is 11.5 Å². The van der Waals surface area contributed by atoms with Crippen molar-refractivity contribution in [1.29, 1.82) is 0 Å². The summed E-state index contributed by atoms with van der Waals surface area (Å²) in [6.45, 7) is 0. The summed E-state index contributed by atoms with van der Waals surface area (Å²) in [6, 6.07) is 3.83. The summed E-state index contributed by atoms with van der Waals surface area (Å²) in [5.41, 5.74) is 0.674. The molecule has 0 aliphatic heterocycles. The predicted octanol–water partition coefficient (Wildman–Crippen LogP) is 2.80. The zero-order chi connectivity index (χ0) is 15.6. The fourth-order valence-electron chi connectivity index (χ4n) is 2.69. The van der Waals surface area contributed by atoms with Crippen LogP contribution in [0.15, 0.2) is 18.2 Å². The zero-order valence-corrected chi connectivity index (χ0v) is 11.2. The van der Waals surface area contributed by atoms with E-state index < -0.39 is 18.1 Å². The van der Waals surface area contributed by atoms with E-state index in [0.717, 1.165) is 0 Å². The highest BCUT2D eigenvalue weighted by molar-refractivity contribution is 5.81. The molecular formula is C14H16F3NO3. The van der Waals surface area contributed by atoms with Crippen molar-refractivity contribution < 1.29 is 28.2 Å². The SMILES string of the molecule is O=C(NC1CCC(c2ccc(O)cc2O)CC1)C(F)(F)F. The molecule has 3 N–H and O–H groups in total. The van der Waals surface area contributed by atoms with Crippen LogP contribution in [0.1, 0.15) is 37.2 Å². The first kappa shape index (κ1) is 15.5. The standard InChI is InChI=1S/C14H16F3NO3/c15-14(16,17)13(21)18-9-3-1-8(2-4-9)11-6-5-10(19)7-12(11)20/h5-9,19-20H,1-4H2,(H,18,21). The van der Waals surface area contributed by atoms with E-state index in [4.69, 9.17) is 0 Å². The average molecular weight is 303 g/mol. The second-order valence-electron chi connectivity index (χ2n) is 5.26. The zero-order valence-electron chi connectivity index (χ0n) is 11.2. The maximum Gasteiger partial charge on any atom is 0.471 e. The number of carbonyl (C=O) groups is 1. The monoisotopic (exact) mass is 303 g/mol. The third-order valence-corrected chi connectivity index (χ3v) is 3.77. The van der Waals surface area contributed by atoms with E-state index in [1.807, 2.05) is 5.32 Å². The van der Waals surface area contributed by atoms with Gasteiger partial charge in [0.2, 0.25) is 0 Å². The molecule has 0 unspecified atom stereocenters. The van der Waals surface area contributed by atoms with Crippen LogP contribution in [0, 0.1) is 0 Å². The highest BCUT2D eigenvalue weighted by Crippen LogP contribution is 2.38. The van der Waals surface area contributed by atoms with Gasteiger partial charge in [-0.15, -0.1) is 0 Å². The van der Waals surface area contributed by atoms with E-state index in [1.165, 1.54) is 12.1 Å². The largest absolute Gasteiger partial charge is 0.508 e. The number of alkyl halides is 3. The number of phenolic OH excluding ortho intramolecular Hbond substituents is 2. The molecule has 1 aromatic rings. The van der Waals surface area contributed by atoms with Crippen molar-refractivity contribution >= 4 is 5.91 Å². The Kier molecular flexibility index (Phi) is 4.29. The predicted molar refractivity (Wildman–Crippen MR) is 69.0 cm³/mol. The van der Waals surface area contributed by atoms with E-state index in [9.17, 15) is 28.2 Å². The van der Waals surface area contributed by atoms with Gasteiger partial charge in [-0.1, -0.05) is 6.07 Å². The number of aromatic hydroxyl groups is 2. The summed E-state index contributed by atoms with van der Waals surface area (Å²) in [5.74, 6) is -1.94. The van der Waals surface area contributed by atoms with Crippen LogP contribution in [-0.2, 0) is 4.79 Å². The Bertz CT molecular complexity index is 523. The molecule has 4 nitrogen and oxygen atoms in total. The van der Waals surface area contributed by atoms with Gasteiger partial charge in [0.25, 0.3) is 0 Å². The van der Waals surface area contributed by atoms with E-state index in [1.54, 1.807) is 6.07 Å². The molecule has 0 heterocycles. The van der Waals surface area contributed by atoms with Crippen LogP contribution < -0.4 is 5.32 Å². The molecule has 0 bridgehead atoms. The van der Waals surface area contributed by atoms with Gasteiger partial charge in [-0.2, -0.15) is 13.2 Å². The molecule has 1 aliphatic carbocycles. The molecule has 0 aromatic heterocycles. The van der Waals surface area contributed by atoms with Gasteiger partial charge in [0.15, 0.2) is 0 Å². The molecule has 7 heteroatoms. The second kappa shape index (κ2) is 5.83. The van der Waals surface area contributed by atoms with Crippen LogP contribution in [0.5, 0.6) is 11.5 Å². The third-order valence-electron chi connectivity index (χ3n) is 3.77. The average Bonchev–Trinajstić information content (AvgIpc) is 2.39. The second-order valence-corrected chi connectivity index (χ2v) is 5.26. The minimum absolute atomic E-state index is 0.0159. The Morgan fingerprint density at radius 2 is 1.76 bits per heavy atom. The molecular weight excluding hydrogens is 287 g/mol. The van der Waals surface area contributed by atoms with Crippen molar-refractivity contribution in [2.45, 2.75) is 43.8 Å². The number of phenols is 2. The van der Waals surface area contributed by atoms with E-state index >= 15 is 0 Å². The normalized spacial score (nSPS) is 22.8. The third kappa shape index (κ3) is 3.80. The van der Waals surface area contributed by atoms with Gasteiger partial charge in [0.05, 0.1) is 0 Å². The van der Waals surface area contributed by atoms with Crippen molar-refractivity contribution in [3.05, 3.63) is 23.8 Å². The number of hydrogen-bond acceptors (Lipinski definition) is 3. The Labute approximate surface area is 119 Å². The van der Waals surface area contributed by atoms with Gasteiger partial charge in [-0.3, -0.25) is 4.79 Å². The maximum absolute atomic E-state index is 12.2. The molecule has 0 spiro atoms. The molecule has 0 radical (unpaired) electrons. The number of benzene rings is 1. The number of rotatable bonds is 2. The molecule has 21 heavy (non-hydrogen) atoms. The Morgan fingerprint density at radius 3 is 2.29 bits per heavy atom. The number of amides is 1. The summed E-state index contributed by atoms with van der Waals surface area (Å²) in [6.07, 6.45) is -2.87. The van der Waals surface area contributed by atoms with Crippen molar-refractivity contribution in [3.63, 3.8) is 0 Å². The van der Waals surface area contributed by atoms with Gasteiger partial charge < -0.3 is 15.5 Å². The van der Waals surface area contributed by atoms with E-state index in [-0.39, 0.29) is 17.4 Å². The number of nitrogens with one attached hydrogen (secondary N) is 1. The van der Waals surface area contributed by atoms with Gasteiger partial charge >= 0.3 is 12.1 Å². The molecule has 1 aromatic carbocycles. The molecule has 1 fully saturated rings. The van der Waals surface area contributed by atoms with Crippen LogP contribution >= 0.6 is 0 Å². The first-order valence-corrected chi connectivity index (χ1v) is 6.67. The summed E-state index contributed by atoms with van der Waals surface area (Å²) in [7, 11) is 0. The Balaban J connectivity index is 1.93. The van der Waals surface area contributed by atoms with Crippen molar-refractivity contribution in [2.75, 3.05) is 0 Å². The lowest BCUT2D eigenvalue weighted by Gasteiger charge is -2.29. The number of halogens is 3. The topological polar surface area (TPSA) is 69.6 Å². The molecule has 0 saturated heterocycles. The first-order valence-electron chi connectivity index (χ1n) is 6.67. The highest BCUT2D eigenvalue weighted by Gasteiger charge is 2.40. The fraction of sp³-hybridized carbons (Fsp3) is 0.500. The molecule has 1 saturated carbocycles. The van der Waals surface area contributed by atoms with Crippen LogP contribution in [0.4, 0.5) is 13.2 Å². The molecule has 2 rings (SSSR count). The van der Waals surface area contributed by atoms with E-state index in [0.29, 0.717) is 31.2 Å². The molecule has 1 aliphatic rings. The van der Waals surface area contributed by atoms with Crippen molar-refractivity contribution in [1.82, 2.24) is 5.32 Å². The molecule has 0 atom stereocenters. The van der Waals surface area contributed by atoms with Gasteiger partial charge in [-0.25, -0.2) is 0 Å². The summed E-state index contributed by atoms with van der Waals surface area (Å²) >= 11 is 0.